The second kappa shape index (κ2) is 5.86. The van der Waals surface area contributed by atoms with Crippen LogP contribution in [0.1, 0.15) is 29.6 Å². The fraction of sp³-hybridized carbons (Fsp3) is 0.385. The standard InChI is InChI=1S/C13H13FN2O5/c14-8-2-4-11(16(20)21)10(6-8)12(17)15-9-3-1-7(5-9)13(18)19/h2,4,6-7,9H,1,3,5H2,(H,15,17)(H,18,19). The van der Waals surface area contributed by atoms with Crippen LogP contribution in [0.2, 0.25) is 0 Å². The lowest BCUT2D eigenvalue weighted by Crippen LogP contribution is -2.33. The summed E-state index contributed by atoms with van der Waals surface area (Å²) in [6, 6.07) is 2.27. The van der Waals surface area contributed by atoms with Gasteiger partial charge in [0.05, 0.1) is 10.8 Å². The number of hydrogen-bond donors (Lipinski definition) is 2. The molecule has 0 heterocycles. The van der Waals surface area contributed by atoms with E-state index in [0.29, 0.717) is 12.8 Å². The van der Waals surface area contributed by atoms with Crippen molar-refractivity contribution < 1.29 is 24.0 Å². The van der Waals surface area contributed by atoms with Crippen LogP contribution in [0.25, 0.3) is 0 Å². The summed E-state index contributed by atoms with van der Waals surface area (Å²) in [6.07, 6.45) is 1.18. The first kappa shape index (κ1) is 14.9. The third-order valence-electron chi connectivity index (χ3n) is 3.52. The Hall–Kier alpha value is -2.51. The molecule has 21 heavy (non-hydrogen) atoms. The van der Waals surface area contributed by atoms with Crippen molar-refractivity contribution in [2.75, 3.05) is 0 Å². The molecular weight excluding hydrogens is 283 g/mol. The highest BCUT2D eigenvalue weighted by molar-refractivity contribution is 5.98. The first-order valence-corrected chi connectivity index (χ1v) is 6.36. The number of nitro groups is 1. The summed E-state index contributed by atoms with van der Waals surface area (Å²) in [6.45, 7) is 0. The molecular formula is C13H13FN2O5. The number of nitrogens with one attached hydrogen (secondary N) is 1. The fourth-order valence-corrected chi connectivity index (χ4v) is 2.45. The van der Waals surface area contributed by atoms with Crippen molar-refractivity contribution in [3.8, 4) is 0 Å². The van der Waals surface area contributed by atoms with Crippen LogP contribution in [0.15, 0.2) is 18.2 Å². The minimum absolute atomic E-state index is 0.268. The van der Waals surface area contributed by atoms with E-state index in [1.807, 2.05) is 0 Å². The highest BCUT2D eigenvalue weighted by atomic mass is 19.1. The summed E-state index contributed by atoms with van der Waals surface area (Å²) in [5.41, 5.74) is -0.847. The van der Waals surface area contributed by atoms with Crippen molar-refractivity contribution >= 4 is 17.6 Å². The van der Waals surface area contributed by atoms with Crippen LogP contribution in [0.5, 0.6) is 0 Å². The number of nitrogens with zero attached hydrogens (tertiary/aromatic N) is 1. The van der Waals surface area contributed by atoms with E-state index in [1.165, 1.54) is 0 Å². The van der Waals surface area contributed by atoms with E-state index in [2.05, 4.69) is 5.32 Å². The monoisotopic (exact) mass is 296 g/mol. The average Bonchev–Trinajstić information content (AvgIpc) is 2.86. The zero-order chi connectivity index (χ0) is 15.6. The molecule has 1 saturated carbocycles. The Morgan fingerprint density at radius 3 is 2.67 bits per heavy atom. The van der Waals surface area contributed by atoms with Crippen LogP contribution in [0.4, 0.5) is 10.1 Å². The van der Waals surface area contributed by atoms with Crippen molar-refractivity contribution in [1.29, 1.82) is 0 Å². The third kappa shape index (κ3) is 3.33. The summed E-state index contributed by atoms with van der Waals surface area (Å²) >= 11 is 0. The lowest BCUT2D eigenvalue weighted by molar-refractivity contribution is -0.385. The minimum Gasteiger partial charge on any atom is -0.481 e. The number of carboxylic acid groups (broad SMARTS) is 1. The molecule has 0 saturated heterocycles. The Kier molecular flexibility index (Phi) is 4.15. The molecule has 0 aliphatic heterocycles. The molecule has 1 amide bonds. The number of amides is 1. The molecule has 7 nitrogen and oxygen atoms in total. The van der Waals surface area contributed by atoms with Crippen LogP contribution in [-0.4, -0.2) is 27.9 Å². The SMILES string of the molecule is O=C(NC1CCC(C(=O)O)C1)c1cc(F)ccc1[N+](=O)[O-]. The van der Waals surface area contributed by atoms with Gasteiger partial charge in [0.25, 0.3) is 11.6 Å². The first-order valence-electron chi connectivity index (χ1n) is 6.36. The van der Waals surface area contributed by atoms with E-state index in [1.54, 1.807) is 0 Å². The van der Waals surface area contributed by atoms with E-state index >= 15 is 0 Å². The van der Waals surface area contributed by atoms with Gasteiger partial charge in [0.15, 0.2) is 0 Å². The quantitative estimate of drug-likeness (QED) is 0.649. The van der Waals surface area contributed by atoms with Crippen molar-refractivity contribution in [3.05, 3.63) is 39.7 Å². The van der Waals surface area contributed by atoms with Gasteiger partial charge in [-0.15, -0.1) is 0 Å². The van der Waals surface area contributed by atoms with Crippen LogP contribution in [0.3, 0.4) is 0 Å². The molecule has 0 aromatic heterocycles. The molecule has 2 unspecified atom stereocenters. The van der Waals surface area contributed by atoms with E-state index in [4.69, 9.17) is 5.11 Å². The highest BCUT2D eigenvalue weighted by Gasteiger charge is 2.32. The van der Waals surface area contributed by atoms with Gasteiger partial charge in [-0.3, -0.25) is 19.7 Å². The number of carbonyl (C=O) groups excluding carboxylic acids is 1. The predicted octanol–water partition coefficient (Wildman–Crippen LogP) is 1.72. The minimum atomic E-state index is -0.927. The summed E-state index contributed by atoms with van der Waals surface area (Å²) < 4.78 is 13.2. The topological polar surface area (TPSA) is 110 Å². The summed E-state index contributed by atoms with van der Waals surface area (Å²) in [4.78, 5) is 32.9. The smallest absolute Gasteiger partial charge is 0.306 e. The van der Waals surface area contributed by atoms with Gasteiger partial charge in [0.1, 0.15) is 11.4 Å². The molecule has 2 rings (SSSR count). The molecule has 1 aromatic rings. The lowest BCUT2D eigenvalue weighted by Gasteiger charge is -2.12. The Labute approximate surface area is 118 Å². The number of rotatable bonds is 4. The largest absolute Gasteiger partial charge is 0.481 e. The first-order chi connectivity index (χ1) is 9.88. The van der Waals surface area contributed by atoms with E-state index in [0.717, 1.165) is 18.2 Å². The number of benzene rings is 1. The third-order valence-corrected chi connectivity index (χ3v) is 3.52. The van der Waals surface area contributed by atoms with Gasteiger partial charge in [-0.2, -0.15) is 0 Å². The highest BCUT2D eigenvalue weighted by Crippen LogP contribution is 2.27. The van der Waals surface area contributed by atoms with Crippen LogP contribution in [0, 0.1) is 21.8 Å². The molecule has 112 valence electrons. The van der Waals surface area contributed by atoms with Crippen LogP contribution >= 0.6 is 0 Å². The predicted molar refractivity (Wildman–Crippen MR) is 69.3 cm³/mol. The second-order valence-electron chi connectivity index (χ2n) is 4.94. The van der Waals surface area contributed by atoms with Crippen LogP contribution in [-0.2, 0) is 4.79 Å². The lowest BCUT2D eigenvalue weighted by atomic mass is 10.1. The average molecular weight is 296 g/mol. The van der Waals surface area contributed by atoms with Gasteiger partial charge in [-0.1, -0.05) is 0 Å². The maximum atomic E-state index is 13.2. The molecule has 8 heteroatoms. The van der Waals surface area contributed by atoms with Crippen molar-refractivity contribution in [2.45, 2.75) is 25.3 Å². The van der Waals surface area contributed by atoms with Gasteiger partial charge in [0, 0.05) is 12.1 Å². The molecule has 1 aliphatic carbocycles. The number of hydrogen-bond acceptors (Lipinski definition) is 4. The second-order valence-corrected chi connectivity index (χ2v) is 4.94. The molecule has 1 fully saturated rings. The van der Waals surface area contributed by atoms with Crippen molar-refractivity contribution in [2.24, 2.45) is 5.92 Å². The number of nitro benzene ring substituents is 1. The van der Waals surface area contributed by atoms with Crippen molar-refractivity contribution in [3.63, 3.8) is 0 Å². The Balaban J connectivity index is 2.12. The molecule has 0 bridgehead atoms. The normalized spacial score (nSPS) is 21.0. The van der Waals surface area contributed by atoms with Gasteiger partial charge >= 0.3 is 5.97 Å². The Morgan fingerprint density at radius 2 is 2.10 bits per heavy atom. The van der Waals surface area contributed by atoms with Gasteiger partial charge in [-0.05, 0) is 31.4 Å². The van der Waals surface area contributed by atoms with E-state index in [-0.39, 0.29) is 18.0 Å². The summed E-state index contributed by atoms with van der Waals surface area (Å²) in [5, 5.41) is 22.3. The molecule has 0 radical (unpaired) electrons. The fourth-order valence-electron chi connectivity index (χ4n) is 2.45. The zero-order valence-corrected chi connectivity index (χ0v) is 10.9. The summed E-state index contributed by atoms with van der Waals surface area (Å²) in [5.74, 6) is -2.97. The number of carbonyl (C=O) groups is 2. The van der Waals surface area contributed by atoms with E-state index < -0.39 is 34.2 Å². The molecule has 1 aliphatic rings. The summed E-state index contributed by atoms with van der Waals surface area (Å²) in [7, 11) is 0. The Morgan fingerprint density at radius 1 is 1.38 bits per heavy atom. The van der Waals surface area contributed by atoms with E-state index in [9.17, 15) is 24.1 Å². The zero-order valence-electron chi connectivity index (χ0n) is 10.9. The molecule has 1 aromatic carbocycles. The maximum absolute atomic E-state index is 13.2. The number of aliphatic carboxylic acids is 1. The van der Waals surface area contributed by atoms with Gasteiger partial charge in [0.2, 0.25) is 0 Å². The molecule has 2 N–H and O–H groups in total. The number of halogens is 1. The van der Waals surface area contributed by atoms with Crippen molar-refractivity contribution in [1.82, 2.24) is 5.32 Å². The maximum Gasteiger partial charge on any atom is 0.306 e. The number of carboxylic acids is 1. The van der Waals surface area contributed by atoms with Gasteiger partial charge in [-0.25, -0.2) is 4.39 Å². The van der Waals surface area contributed by atoms with Gasteiger partial charge < -0.3 is 10.4 Å². The van der Waals surface area contributed by atoms with Crippen LogP contribution < -0.4 is 5.32 Å². The Bertz CT molecular complexity index is 604. The molecule has 0 spiro atoms. The molecule has 2 atom stereocenters.